The molecule has 2 N–H and O–H groups in total. The van der Waals surface area contributed by atoms with Crippen molar-refractivity contribution in [2.45, 2.75) is 33.7 Å². The molecular weight excluding hydrogens is 497 g/mol. The van der Waals surface area contributed by atoms with E-state index in [0.717, 1.165) is 16.1 Å². The smallest absolute Gasteiger partial charge is 0.341 e. The molecule has 0 spiro atoms. The number of ether oxygens (including phenoxy) is 1. The van der Waals surface area contributed by atoms with E-state index in [-0.39, 0.29) is 6.61 Å². The minimum Gasteiger partial charge on any atom is -0.462 e. The number of esters is 1. The fourth-order valence-corrected chi connectivity index (χ4v) is 5.60. The number of thiocarbonyl (C=S) groups is 1. The first-order chi connectivity index (χ1) is 17.2. The maximum absolute atomic E-state index is 14.2. The van der Waals surface area contributed by atoms with Gasteiger partial charge in [-0.1, -0.05) is 30.3 Å². The van der Waals surface area contributed by atoms with E-state index in [1.54, 1.807) is 30.9 Å². The number of nitrogens with one attached hydrogen (secondary N) is 2. The molecule has 1 aliphatic heterocycles. The van der Waals surface area contributed by atoms with Gasteiger partial charge in [0.25, 0.3) is 5.91 Å². The van der Waals surface area contributed by atoms with Crippen LogP contribution in [0.15, 0.2) is 65.9 Å². The number of amides is 1. The Kier molecular flexibility index (Phi) is 7.51. The second kappa shape index (κ2) is 10.6. The van der Waals surface area contributed by atoms with E-state index in [9.17, 15) is 14.0 Å². The number of nitrogens with zero attached hydrogens (tertiary/aromatic N) is 1. The lowest BCUT2D eigenvalue weighted by atomic mass is 9.94. The summed E-state index contributed by atoms with van der Waals surface area (Å²) in [5.74, 6) is -1.34. The average Bonchev–Trinajstić information content (AvgIpc) is 3.12. The Hall–Kier alpha value is -3.56. The van der Waals surface area contributed by atoms with Crippen LogP contribution in [-0.2, 0) is 9.53 Å². The molecule has 0 fully saturated rings. The summed E-state index contributed by atoms with van der Waals surface area (Å²) in [6.45, 7) is 7.47. The van der Waals surface area contributed by atoms with Gasteiger partial charge >= 0.3 is 5.97 Å². The first kappa shape index (κ1) is 25.5. The van der Waals surface area contributed by atoms with Gasteiger partial charge in [0, 0.05) is 16.3 Å². The predicted octanol–water partition coefficient (Wildman–Crippen LogP) is 6.03. The number of aryl methyl sites for hydroxylation is 1. The quantitative estimate of drug-likeness (QED) is 0.304. The summed E-state index contributed by atoms with van der Waals surface area (Å²) in [5, 5.41) is 6.94. The first-order valence-corrected chi connectivity index (χ1v) is 12.7. The third-order valence-electron chi connectivity index (χ3n) is 6.02. The van der Waals surface area contributed by atoms with Gasteiger partial charge in [-0.25, -0.2) is 9.18 Å². The molecule has 0 saturated heterocycles. The molecule has 1 amide bonds. The molecule has 1 aromatic heterocycles. The number of carbonyl (C=O) groups is 2. The van der Waals surface area contributed by atoms with E-state index in [1.165, 1.54) is 23.5 Å². The summed E-state index contributed by atoms with van der Waals surface area (Å²) in [5.41, 5.74) is 3.39. The minimum absolute atomic E-state index is 0.222. The topological polar surface area (TPSA) is 70.7 Å². The fraction of sp³-hybridized carbons (Fsp3) is 0.222. The van der Waals surface area contributed by atoms with Crippen LogP contribution in [0.25, 0.3) is 0 Å². The second-order valence-corrected chi connectivity index (χ2v) is 9.88. The number of hydrogen-bond acceptors (Lipinski definition) is 5. The number of allylic oxidation sites excluding steroid dienone is 1. The van der Waals surface area contributed by atoms with Gasteiger partial charge in [0.15, 0.2) is 5.11 Å². The molecule has 1 unspecified atom stereocenters. The third-order valence-corrected chi connectivity index (χ3v) is 7.44. The molecule has 3 aromatic rings. The van der Waals surface area contributed by atoms with Crippen LogP contribution in [0, 0.1) is 19.7 Å². The molecule has 186 valence electrons. The monoisotopic (exact) mass is 523 g/mol. The Balaban J connectivity index is 1.82. The average molecular weight is 524 g/mol. The van der Waals surface area contributed by atoms with Crippen LogP contribution in [0.2, 0.25) is 0 Å². The van der Waals surface area contributed by atoms with Gasteiger partial charge in [0.2, 0.25) is 0 Å². The van der Waals surface area contributed by atoms with Gasteiger partial charge < -0.3 is 15.4 Å². The highest BCUT2D eigenvalue weighted by Gasteiger charge is 2.35. The van der Waals surface area contributed by atoms with E-state index in [2.05, 4.69) is 10.6 Å². The summed E-state index contributed by atoms with van der Waals surface area (Å²) in [7, 11) is 0. The summed E-state index contributed by atoms with van der Waals surface area (Å²) in [6, 6.07) is 14.8. The number of hydrogen-bond donors (Lipinski definition) is 2. The van der Waals surface area contributed by atoms with Gasteiger partial charge in [-0.3, -0.25) is 9.69 Å². The van der Waals surface area contributed by atoms with Crippen LogP contribution < -0.4 is 15.5 Å². The van der Waals surface area contributed by atoms with E-state index in [4.69, 9.17) is 17.0 Å². The largest absolute Gasteiger partial charge is 0.462 e. The standard InChI is InChI=1S/C27H26FN3O3S2/c1-5-34-26(33)21-15(2)17(4)36-25(21)30-24(32)22-16(3)31(20-12-7-6-8-13-20)27(35)29-23(22)18-10-9-11-19(28)14-18/h6-14,23H,5H2,1-4H3,(H,29,35)(H,30,32). The molecule has 0 bridgehead atoms. The Labute approximate surface area is 218 Å². The Morgan fingerprint density at radius 2 is 1.86 bits per heavy atom. The Bertz CT molecular complexity index is 1370. The molecule has 0 aliphatic carbocycles. The van der Waals surface area contributed by atoms with Crippen molar-refractivity contribution in [1.29, 1.82) is 0 Å². The predicted molar refractivity (Wildman–Crippen MR) is 145 cm³/mol. The van der Waals surface area contributed by atoms with Crippen LogP contribution in [-0.4, -0.2) is 23.6 Å². The molecule has 2 heterocycles. The number of benzene rings is 2. The molecule has 1 aliphatic rings. The van der Waals surface area contributed by atoms with Gasteiger partial charge in [-0.15, -0.1) is 11.3 Å². The minimum atomic E-state index is -0.693. The van der Waals surface area contributed by atoms with E-state index in [1.807, 2.05) is 44.2 Å². The Morgan fingerprint density at radius 1 is 1.14 bits per heavy atom. The van der Waals surface area contributed by atoms with Crippen molar-refractivity contribution in [3.8, 4) is 0 Å². The summed E-state index contributed by atoms with van der Waals surface area (Å²) in [4.78, 5) is 29.2. The number of carbonyl (C=O) groups excluding carboxylic acids is 2. The Morgan fingerprint density at radius 3 is 2.53 bits per heavy atom. The molecule has 36 heavy (non-hydrogen) atoms. The maximum atomic E-state index is 14.2. The molecule has 9 heteroatoms. The van der Waals surface area contributed by atoms with Gasteiger partial charge in [-0.2, -0.15) is 0 Å². The molecular formula is C27H26FN3O3S2. The summed E-state index contributed by atoms with van der Waals surface area (Å²) in [6.07, 6.45) is 0. The number of rotatable bonds is 6. The van der Waals surface area contributed by atoms with Crippen LogP contribution >= 0.6 is 23.6 Å². The fourth-order valence-electron chi connectivity index (χ4n) is 4.20. The van der Waals surface area contributed by atoms with Crippen molar-refractivity contribution in [3.05, 3.63) is 93.3 Å². The van der Waals surface area contributed by atoms with Gasteiger partial charge in [-0.05, 0) is 75.3 Å². The zero-order valence-electron chi connectivity index (χ0n) is 20.3. The van der Waals surface area contributed by atoms with Gasteiger partial charge in [0.05, 0.1) is 23.8 Å². The second-order valence-electron chi connectivity index (χ2n) is 8.27. The third kappa shape index (κ3) is 4.89. The summed E-state index contributed by atoms with van der Waals surface area (Å²) < 4.78 is 19.4. The highest BCUT2D eigenvalue weighted by molar-refractivity contribution is 7.80. The van der Waals surface area contributed by atoms with Crippen LogP contribution in [0.5, 0.6) is 0 Å². The van der Waals surface area contributed by atoms with Crippen LogP contribution in [0.3, 0.4) is 0 Å². The van der Waals surface area contributed by atoms with Crippen molar-refractivity contribution < 1.29 is 18.7 Å². The van der Waals surface area contributed by atoms with Gasteiger partial charge in [0.1, 0.15) is 10.8 Å². The van der Waals surface area contributed by atoms with Crippen molar-refractivity contribution in [3.63, 3.8) is 0 Å². The molecule has 0 saturated carbocycles. The first-order valence-electron chi connectivity index (χ1n) is 11.4. The zero-order chi connectivity index (χ0) is 26.0. The normalized spacial score (nSPS) is 15.5. The van der Waals surface area contributed by atoms with Crippen LogP contribution in [0.4, 0.5) is 15.1 Å². The number of halogens is 1. The lowest BCUT2D eigenvalue weighted by molar-refractivity contribution is -0.113. The lowest BCUT2D eigenvalue weighted by Gasteiger charge is -2.38. The maximum Gasteiger partial charge on any atom is 0.341 e. The molecule has 6 nitrogen and oxygen atoms in total. The van der Waals surface area contributed by atoms with E-state index in [0.29, 0.717) is 32.5 Å². The number of thiophene rings is 1. The van der Waals surface area contributed by atoms with Crippen molar-refractivity contribution in [1.82, 2.24) is 5.32 Å². The van der Waals surface area contributed by atoms with Crippen LogP contribution in [0.1, 0.15) is 46.3 Å². The molecule has 2 aromatic carbocycles. The number of anilines is 2. The lowest BCUT2D eigenvalue weighted by Crippen LogP contribution is -2.48. The highest BCUT2D eigenvalue weighted by Crippen LogP contribution is 2.37. The molecule has 4 rings (SSSR count). The number of para-hydroxylation sites is 1. The van der Waals surface area contributed by atoms with E-state index < -0.39 is 23.7 Å². The highest BCUT2D eigenvalue weighted by atomic mass is 32.1. The molecule has 0 radical (unpaired) electrons. The van der Waals surface area contributed by atoms with Crippen molar-refractivity contribution in [2.75, 3.05) is 16.8 Å². The SMILES string of the molecule is CCOC(=O)c1c(NC(=O)C2=C(C)N(c3ccccc3)C(=S)NC2c2cccc(F)c2)sc(C)c1C. The molecule has 1 atom stereocenters. The van der Waals surface area contributed by atoms with Crippen molar-refractivity contribution >= 4 is 51.2 Å². The van der Waals surface area contributed by atoms with Crippen molar-refractivity contribution in [2.24, 2.45) is 0 Å². The zero-order valence-corrected chi connectivity index (χ0v) is 22.0. The summed E-state index contributed by atoms with van der Waals surface area (Å²) >= 11 is 6.98. The van der Waals surface area contributed by atoms with E-state index >= 15 is 0 Å².